The molecule has 3 saturated heterocycles. The summed E-state index contributed by atoms with van der Waals surface area (Å²) in [7, 11) is 0. The van der Waals surface area contributed by atoms with E-state index in [4.69, 9.17) is 28.4 Å². The third-order valence-corrected chi connectivity index (χ3v) is 17.5. The summed E-state index contributed by atoms with van der Waals surface area (Å²) in [5.74, 6) is 11.0. The van der Waals surface area contributed by atoms with Crippen molar-refractivity contribution in [2.75, 3.05) is 39.6 Å². The number of rotatable bonds is 12. The van der Waals surface area contributed by atoms with Crippen molar-refractivity contribution in [3.63, 3.8) is 0 Å². The second-order valence-corrected chi connectivity index (χ2v) is 21.5. The van der Waals surface area contributed by atoms with Crippen LogP contribution in [0.2, 0.25) is 0 Å². The minimum Gasteiger partial charge on any atom is -0.486 e. The van der Waals surface area contributed by atoms with E-state index in [0.717, 1.165) is 90.3 Å². The highest BCUT2D eigenvalue weighted by Gasteiger charge is 2.62. The van der Waals surface area contributed by atoms with Gasteiger partial charge in [0.2, 0.25) is 5.75 Å². The van der Waals surface area contributed by atoms with Gasteiger partial charge in [-0.3, -0.25) is 0 Å². The summed E-state index contributed by atoms with van der Waals surface area (Å²) >= 11 is 0. The van der Waals surface area contributed by atoms with Crippen molar-refractivity contribution in [1.29, 1.82) is 0 Å². The van der Waals surface area contributed by atoms with E-state index in [2.05, 4.69) is 0 Å². The molecule has 12 aliphatic carbocycles. The Kier molecular flexibility index (Phi) is 6.54. The third-order valence-electron chi connectivity index (χ3n) is 17.5. The Morgan fingerprint density at radius 2 is 0.588 bits per heavy atom. The first-order valence-electron chi connectivity index (χ1n) is 22.0. The summed E-state index contributed by atoms with van der Waals surface area (Å²) in [6.07, 6.45) is 26.1. The van der Waals surface area contributed by atoms with Gasteiger partial charge in [-0.25, -0.2) is 0 Å². The standard InChI is InChI=1S/C45H60O6/c1-25-2-27-3-26(1)11-43(10-25,12-27)37-38(44-13-28-4-29(14-44)6-30(5-28)15-44)40(49-22-34-19-46-34)42(51-24-36-21-48-36)41(50-23-35-20-47-35)39(37)45-16-31-7-32(17-45)9-33(8-31)18-45/h25-36H,1-24H2. The molecular formula is C45H60O6. The summed E-state index contributed by atoms with van der Waals surface area (Å²) in [6, 6.07) is 0. The zero-order chi connectivity index (χ0) is 33.1. The first-order valence-corrected chi connectivity index (χ1v) is 22.0. The zero-order valence-corrected chi connectivity index (χ0v) is 30.8. The van der Waals surface area contributed by atoms with Crippen LogP contribution in [0.25, 0.3) is 0 Å². The fourth-order valence-corrected chi connectivity index (χ4v) is 16.9. The van der Waals surface area contributed by atoms with Gasteiger partial charge in [0.1, 0.15) is 38.1 Å². The van der Waals surface area contributed by atoms with Crippen LogP contribution in [-0.4, -0.2) is 58.0 Å². The molecule has 51 heavy (non-hydrogen) atoms. The van der Waals surface area contributed by atoms with E-state index in [1.807, 2.05) is 5.56 Å². The molecule has 0 spiro atoms. The highest BCUT2D eigenvalue weighted by molar-refractivity contribution is 5.70. The van der Waals surface area contributed by atoms with Crippen LogP contribution in [0.15, 0.2) is 0 Å². The average molecular weight is 697 g/mol. The van der Waals surface area contributed by atoms with E-state index in [1.54, 1.807) is 11.1 Å². The lowest BCUT2D eigenvalue weighted by Gasteiger charge is -2.63. The van der Waals surface area contributed by atoms with Crippen molar-refractivity contribution in [3.05, 3.63) is 16.7 Å². The molecule has 0 amide bonds. The van der Waals surface area contributed by atoms with Crippen LogP contribution >= 0.6 is 0 Å². The molecule has 16 rings (SSSR count). The zero-order valence-electron chi connectivity index (χ0n) is 30.8. The van der Waals surface area contributed by atoms with Gasteiger partial charge in [-0.15, -0.1) is 0 Å². The van der Waals surface area contributed by atoms with Crippen LogP contribution in [0.1, 0.15) is 132 Å². The Hall–Kier alpha value is -1.50. The molecule has 3 atom stereocenters. The maximum absolute atomic E-state index is 7.37. The number of hydrogen-bond donors (Lipinski definition) is 0. The summed E-state index contributed by atoms with van der Waals surface area (Å²) in [6.45, 7) is 4.26. The molecule has 6 nitrogen and oxygen atoms in total. The van der Waals surface area contributed by atoms with Crippen LogP contribution in [0.5, 0.6) is 17.2 Å². The highest BCUT2D eigenvalue weighted by Crippen LogP contribution is 2.72. The van der Waals surface area contributed by atoms with Gasteiger partial charge in [-0.1, -0.05) is 0 Å². The van der Waals surface area contributed by atoms with E-state index in [9.17, 15) is 0 Å². The SMILES string of the molecule is C1C2CC3CC1CC(c1c(OCC4CO4)c(OCC4CO4)c(OCC4CO4)c(C45CC6CC(CC(C6)C4)C5)c1C14CC5CC(CC(C5)C1)C4)(C2)C3. The molecule has 3 aliphatic heterocycles. The lowest BCUT2D eigenvalue weighted by Crippen LogP contribution is -2.55. The van der Waals surface area contributed by atoms with E-state index in [-0.39, 0.29) is 34.6 Å². The number of hydrogen-bond acceptors (Lipinski definition) is 6. The summed E-state index contributed by atoms with van der Waals surface area (Å²) in [4.78, 5) is 0. The average Bonchev–Trinajstić information content (AvgIpc) is 3.93. The molecule has 3 unspecified atom stereocenters. The second kappa shape index (κ2) is 10.8. The normalized spacial score (nSPS) is 51.3. The number of benzene rings is 1. The van der Waals surface area contributed by atoms with E-state index < -0.39 is 0 Å². The van der Waals surface area contributed by atoms with Gasteiger partial charge < -0.3 is 28.4 Å². The Labute approximate surface area is 304 Å². The minimum atomic E-state index is 0.179. The second-order valence-electron chi connectivity index (χ2n) is 21.5. The molecule has 6 heteroatoms. The molecule has 12 saturated carbocycles. The molecule has 15 fully saturated rings. The summed E-state index contributed by atoms with van der Waals surface area (Å²) in [5, 5.41) is 0. The van der Waals surface area contributed by atoms with Crippen molar-refractivity contribution in [2.24, 2.45) is 53.3 Å². The van der Waals surface area contributed by atoms with Crippen LogP contribution in [-0.2, 0) is 30.5 Å². The molecule has 15 aliphatic rings. The van der Waals surface area contributed by atoms with Crippen LogP contribution < -0.4 is 14.2 Å². The molecular weight excluding hydrogens is 636 g/mol. The maximum Gasteiger partial charge on any atom is 0.204 e. The Bertz CT molecular complexity index is 1410. The quantitative estimate of drug-likeness (QED) is 0.205. The molecule has 0 N–H and O–H groups in total. The van der Waals surface area contributed by atoms with Crippen LogP contribution in [0.3, 0.4) is 0 Å². The fraction of sp³-hybridized carbons (Fsp3) is 0.867. The first kappa shape index (κ1) is 30.8. The topological polar surface area (TPSA) is 65.3 Å². The summed E-state index contributed by atoms with van der Waals surface area (Å²) in [5.41, 5.74) is 5.80. The van der Waals surface area contributed by atoms with Crippen LogP contribution in [0, 0.1) is 53.3 Å². The van der Waals surface area contributed by atoms with Gasteiger partial charge in [0, 0.05) is 22.0 Å². The van der Waals surface area contributed by atoms with Crippen molar-refractivity contribution >= 4 is 0 Å². The van der Waals surface area contributed by atoms with Crippen molar-refractivity contribution in [1.82, 2.24) is 0 Å². The predicted octanol–water partition coefficient (Wildman–Crippen LogP) is 8.42. The smallest absolute Gasteiger partial charge is 0.204 e. The van der Waals surface area contributed by atoms with E-state index in [1.165, 1.54) is 116 Å². The Balaban J connectivity index is 1.11. The van der Waals surface area contributed by atoms with Crippen LogP contribution in [0.4, 0.5) is 0 Å². The molecule has 12 bridgehead atoms. The van der Waals surface area contributed by atoms with Gasteiger partial charge in [0.05, 0.1) is 19.8 Å². The van der Waals surface area contributed by atoms with E-state index >= 15 is 0 Å². The number of epoxide rings is 3. The van der Waals surface area contributed by atoms with Crippen molar-refractivity contribution in [3.8, 4) is 17.2 Å². The van der Waals surface area contributed by atoms with Gasteiger partial charge >= 0.3 is 0 Å². The van der Waals surface area contributed by atoms with Gasteiger partial charge in [-0.05, 0) is 180 Å². The van der Waals surface area contributed by atoms with Gasteiger partial charge in [0.15, 0.2) is 11.5 Å². The highest BCUT2D eigenvalue weighted by atomic mass is 16.6. The Morgan fingerprint density at radius 1 is 0.353 bits per heavy atom. The first-order chi connectivity index (χ1) is 25.0. The van der Waals surface area contributed by atoms with Crippen molar-refractivity contribution in [2.45, 2.75) is 150 Å². The third kappa shape index (κ3) is 4.95. The van der Waals surface area contributed by atoms with Gasteiger partial charge in [0.25, 0.3) is 0 Å². The van der Waals surface area contributed by atoms with E-state index in [0.29, 0.717) is 19.8 Å². The molecule has 0 radical (unpaired) electrons. The fourth-order valence-electron chi connectivity index (χ4n) is 16.9. The molecule has 1 aromatic rings. The predicted molar refractivity (Wildman–Crippen MR) is 192 cm³/mol. The van der Waals surface area contributed by atoms with Crippen molar-refractivity contribution < 1.29 is 28.4 Å². The number of ether oxygens (including phenoxy) is 6. The minimum absolute atomic E-state index is 0.179. The molecule has 276 valence electrons. The summed E-state index contributed by atoms with van der Waals surface area (Å²) < 4.78 is 39.5. The molecule has 0 aromatic heterocycles. The largest absolute Gasteiger partial charge is 0.486 e. The Morgan fingerprint density at radius 3 is 0.843 bits per heavy atom. The molecule has 3 heterocycles. The molecule has 1 aromatic carbocycles. The van der Waals surface area contributed by atoms with Gasteiger partial charge in [-0.2, -0.15) is 0 Å². The maximum atomic E-state index is 7.37. The monoisotopic (exact) mass is 696 g/mol. The lowest BCUT2D eigenvalue weighted by molar-refractivity contribution is -0.0262. The lowest BCUT2D eigenvalue weighted by atomic mass is 9.41.